The quantitative estimate of drug-likeness (QED) is 0.319. The monoisotopic (exact) mass is 469 g/mol. The molecule has 0 saturated heterocycles. The van der Waals surface area contributed by atoms with Gasteiger partial charge in [0.1, 0.15) is 0 Å². The Morgan fingerprint density at radius 2 is 1.73 bits per heavy atom. The van der Waals surface area contributed by atoms with Gasteiger partial charge in [0.25, 0.3) is 15.9 Å². The summed E-state index contributed by atoms with van der Waals surface area (Å²) in [7, 11) is -4.14. The summed E-state index contributed by atoms with van der Waals surface area (Å²) in [5.41, 5.74) is 0.962. The number of amides is 1. The first-order valence-electron chi connectivity index (χ1n) is 10.1. The summed E-state index contributed by atoms with van der Waals surface area (Å²) in [4.78, 5) is 22.2. The third kappa shape index (κ3) is 5.86. The molecule has 3 N–H and O–H groups in total. The second-order valence-electron chi connectivity index (χ2n) is 7.32. The Bertz CT molecular complexity index is 1240. The van der Waals surface area contributed by atoms with Gasteiger partial charge in [-0.2, -0.15) is 0 Å². The van der Waals surface area contributed by atoms with Crippen molar-refractivity contribution in [2.24, 2.45) is 0 Å². The van der Waals surface area contributed by atoms with Crippen LogP contribution in [0.25, 0.3) is 0 Å². The van der Waals surface area contributed by atoms with Gasteiger partial charge in [0.15, 0.2) is 5.75 Å². The van der Waals surface area contributed by atoms with Gasteiger partial charge in [-0.25, -0.2) is 8.42 Å². The van der Waals surface area contributed by atoms with Crippen molar-refractivity contribution in [1.82, 2.24) is 5.32 Å². The number of sulfonamides is 1. The minimum atomic E-state index is -4.14. The maximum atomic E-state index is 12.6. The van der Waals surface area contributed by atoms with E-state index in [9.17, 15) is 28.4 Å². The lowest BCUT2D eigenvalue weighted by Crippen LogP contribution is -2.28. The number of benzene rings is 3. The van der Waals surface area contributed by atoms with Crippen molar-refractivity contribution < 1.29 is 23.2 Å². The number of nitrogens with zero attached hydrogens (tertiary/aromatic N) is 1. The summed E-state index contributed by atoms with van der Waals surface area (Å²) < 4.78 is 27.4. The molecule has 3 rings (SSSR count). The van der Waals surface area contributed by atoms with Gasteiger partial charge in [0, 0.05) is 29.8 Å². The highest BCUT2D eigenvalue weighted by Gasteiger charge is 2.21. The number of hydrogen-bond donors (Lipinski definition) is 3. The smallest absolute Gasteiger partial charge is 0.312 e. The highest BCUT2D eigenvalue weighted by molar-refractivity contribution is 7.92. The van der Waals surface area contributed by atoms with Crippen molar-refractivity contribution in [2.45, 2.75) is 24.2 Å². The molecule has 0 bridgehead atoms. The number of anilines is 1. The van der Waals surface area contributed by atoms with Gasteiger partial charge in [-0.05, 0) is 48.4 Å². The van der Waals surface area contributed by atoms with E-state index in [2.05, 4.69) is 10.0 Å². The number of phenols is 1. The van der Waals surface area contributed by atoms with E-state index in [1.165, 1.54) is 24.3 Å². The predicted molar refractivity (Wildman–Crippen MR) is 124 cm³/mol. The third-order valence-corrected chi connectivity index (χ3v) is 6.50. The van der Waals surface area contributed by atoms with Crippen LogP contribution in [-0.4, -0.2) is 30.9 Å². The van der Waals surface area contributed by atoms with Crippen LogP contribution in [0.5, 0.6) is 5.75 Å². The summed E-state index contributed by atoms with van der Waals surface area (Å²) in [6.45, 7) is 2.51. The number of carbonyl (C=O) groups excluding carboxylic acids is 1. The molecule has 0 heterocycles. The first-order chi connectivity index (χ1) is 15.7. The number of hydrogen-bond acceptors (Lipinski definition) is 6. The summed E-state index contributed by atoms with van der Waals surface area (Å²) in [6.07, 6.45) is 0.862. The van der Waals surface area contributed by atoms with E-state index in [4.69, 9.17) is 0 Å². The van der Waals surface area contributed by atoms with Crippen LogP contribution in [0.3, 0.4) is 0 Å². The zero-order chi connectivity index (χ0) is 24.0. The van der Waals surface area contributed by atoms with Crippen molar-refractivity contribution in [3.8, 4) is 5.75 Å². The van der Waals surface area contributed by atoms with Gasteiger partial charge in [-0.3, -0.25) is 19.6 Å². The fourth-order valence-corrected chi connectivity index (χ4v) is 4.34. The number of nitrogens with one attached hydrogen (secondary N) is 2. The van der Waals surface area contributed by atoms with Crippen molar-refractivity contribution in [3.05, 3.63) is 94.0 Å². The Morgan fingerprint density at radius 1 is 1.06 bits per heavy atom. The molecule has 3 aromatic rings. The van der Waals surface area contributed by atoms with Gasteiger partial charge in [0.05, 0.1) is 9.82 Å². The third-order valence-electron chi connectivity index (χ3n) is 5.13. The van der Waals surface area contributed by atoms with Crippen LogP contribution in [0.15, 0.2) is 77.7 Å². The van der Waals surface area contributed by atoms with Crippen LogP contribution < -0.4 is 10.0 Å². The summed E-state index contributed by atoms with van der Waals surface area (Å²) in [6, 6.07) is 18.5. The zero-order valence-electron chi connectivity index (χ0n) is 17.8. The van der Waals surface area contributed by atoms with Gasteiger partial charge < -0.3 is 10.4 Å². The minimum Gasteiger partial charge on any atom is -0.502 e. The molecule has 1 unspecified atom stereocenters. The molecular weight excluding hydrogens is 446 g/mol. The van der Waals surface area contributed by atoms with Crippen molar-refractivity contribution >= 4 is 27.3 Å². The van der Waals surface area contributed by atoms with Crippen molar-refractivity contribution in [2.75, 3.05) is 11.3 Å². The lowest BCUT2D eigenvalue weighted by molar-refractivity contribution is -0.386. The SMILES string of the molecule is CCC(CNC(=O)c1ccc(NS(=O)(=O)c2ccc(O)c([N+](=O)[O-])c2)cc1)c1ccccc1. The van der Waals surface area contributed by atoms with Crippen molar-refractivity contribution in [1.29, 1.82) is 0 Å². The van der Waals surface area contributed by atoms with E-state index < -0.39 is 26.4 Å². The van der Waals surface area contributed by atoms with Crippen LogP contribution in [0.2, 0.25) is 0 Å². The van der Waals surface area contributed by atoms with E-state index in [0.29, 0.717) is 12.1 Å². The molecule has 0 aliphatic carbocycles. The number of phenolic OH excluding ortho intramolecular Hbond substituents is 1. The van der Waals surface area contributed by atoms with Gasteiger partial charge in [0.2, 0.25) is 0 Å². The average molecular weight is 470 g/mol. The normalized spacial score (nSPS) is 12.0. The van der Waals surface area contributed by atoms with E-state index in [0.717, 1.165) is 30.2 Å². The fraction of sp³-hybridized carbons (Fsp3) is 0.174. The molecule has 0 saturated carbocycles. The van der Waals surface area contributed by atoms with E-state index in [-0.39, 0.29) is 22.4 Å². The number of nitro benzene ring substituents is 1. The topological polar surface area (TPSA) is 139 Å². The fourth-order valence-electron chi connectivity index (χ4n) is 3.26. The molecular formula is C23H23N3O6S. The van der Waals surface area contributed by atoms with Gasteiger partial charge in [-0.15, -0.1) is 0 Å². The number of nitro groups is 1. The molecule has 1 atom stereocenters. The lowest BCUT2D eigenvalue weighted by Gasteiger charge is -2.16. The Morgan fingerprint density at radius 3 is 2.33 bits per heavy atom. The largest absolute Gasteiger partial charge is 0.502 e. The molecule has 0 spiro atoms. The highest BCUT2D eigenvalue weighted by atomic mass is 32.2. The number of rotatable bonds is 9. The standard InChI is InChI=1S/C23H23N3O6S/c1-2-16(17-6-4-3-5-7-17)15-24-23(28)18-8-10-19(11-9-18)25-33(31,32)20-12-13-22(27)21(14-20)26(29)30/h3-14,16,25,27H,2,15H2,1H3,(H,24,28). The molecule has 0 fully saturated rings. The Labute approximate surface area is 191 Å². The number of aromatic hydroxyl groups is 1. The van der Waals surface area contributed by atoms with Gasteiger partial charge >= 0.3 is 5.69 Å². The van der Waals surface area contributed by atoms with Crippen LogP contribution in [0.1, 0.15) is 35.2 Å². The minimum absolute atomic E-state index is 0.176. The first kappa shape index (κ1) is 23.7. The Kier molecular flexibility index (Phi) is 7.29. The summed E-state index contributed by atoms with van der Waals surface area (Å²) in [5.74, 6) is -0.740. The molecule has 1 amide bonds. The Hall–Kier alpha value is -3.92. The number of carbonyl (C=O) groups is 1. The lowest BCUT2D eigenvalue weighted by atomic mass is 9.96. The van der Waals surface area contributed by atoms with Gasteiger partial charge in [-0.1, -0.05) is 37.3 Å². The summed E-state index contributed by atoms with van der Waals surface area (Å²) in [5, 5.41) is 23.4. The van der Waals surface area contributed by atoms with Crippen LogP contribution in [-0.2, 0) is 10.0 Å². The average Bonchev–Trinajstić information content (AvgIpc) is 2.80. The molecule has 10 heteroatoms. The molecule has 0 radical (unpaired) electrons. The zero-order valence-corrected chi connectivity index (χ0v) is 18.6. The maximum absolute atomic E-state index is 12.6. The van der Waals surface area contributed by atoms with Crippen molar-refractivity contribution in [3.63, 3.8) is 0 Å². The molecule has 9 nitrogen and oxygen atoms in total. The van der Waals surface area contributed by atoms with Crippen LogP contribution >= 0.6 is 0 Å². The van der Waals surface area contributed by atoms with E-state index >= 15 is 0 Å². The molecule has 3 aromatic carbocycles. The molecule has 33 heavy (non-hydrogen) atoms. The van der Waals surface area contributed by atoms with E-state index in [1.54, 1.807) is 0 Å². The molecule has 0 aliphatic heterocycles. The van der Waals surface area contributed by atoms with E-state index in [1.807, 2.05) is 37.3 Å². The van der Waals surface area contributed by atoms with Crippen LogP contribution in [0.4, 0.5) is 11.4 Å². The second-order valence-corrected chi connectivity index (χ2v) is 9.00. The first-order valence-corrected chi connectivity index (χ1v) is 11.6. The maximum Gasteiger partial charge on any atom is 0.312 e. The second kappa shape index (κ2) is 10.1. The predicted octanol–water partition coefficient (Wildman–Crippen LogP) is 4.02. The van der Waals surface area contributed by atoms with Crippen LogP contribution in [0, 0.1) is 10.1 Å². The highest BCUT2D eigenvalue weighted by Crippen LogP contribution is 2.29. The summed E-state index contributed by atoms with van der Waals surface area (Å²) >= 11 is 0. The Balaban J connectivity index is 1.66. The molecule has 0 aliphatic rings. The molecule has 172 valence electrons. The molecule has 0 aromatic heterocycles.